The van der Waals surface area contributed by atoms with E-state index in [4.69, 9.17) is 4.74 Å². The van der Waals surface area contributed by atoms with E-state index in [1.807, 2.05) is 25.7 Å². The van der Waals surface area contributed by atoms with Crippen LogP contribution in [0.25, 0.3) is 0 Å². The first-order valence-corrected chi connectivity index (χ1v) is 7.84. The van der Waals surface area contributed by atoms with Gasteiger partial charge in [0.05, 0.1) is 11.5 Å². The molecule has 1 N–H and O–H groups in total. The Balaban J connectivity index is 2.35. The molecule has 1 aromatic heterocycles. The quantitative estimate of drug-likeness (QED) is 0.585. The summed E-state index contributed by atoms with van der Waals surface area (Å²) in [6.45, 7) is 7.58. The van der Waals surface area contributed by atoms with Crippen LogP contribution in [0.2, 0.25) is 0 Å². The summed E-state index contributed by atoms with van der Waals surface area (Å²) in [7, 11) is 0. The highest BCUT2D eigenvalue weighted by Crippen LogP contribution is 2.33. The third-order valence-electron chi connectivity index (χ3n) is 3.48. The lowest BCUT2D eigenvalue weighted by molar-refractivity contribution is -0.383. The van der Waals surface area contributed by atoms with Gasteiger partial charge in [-0.2, -0.15) is 0 Å². The zero-order valence-electron chi connectivity index (χ0n) is 14.0. The van der Waals surface area contributed by atoms with Crippen molar-refractivity contribution in [1.82, 2.24) is 9.97 Å². The second-order valence-corrected chi connectivity index (χ2v) is 4.91. The fraction of sp³-hybridized carbons (Fsp3) is 0.375. The van der Waals surface area contributed by atoms with Crippen LogP contribution < -0.4 is 15.0 Å². The first-order valence-electron chi connectivity index (χ1n) is 7.84. The summed E-state index contributed by atoms with van der Waals surface area (Å²) in [5.41, 5.74) is 0.556. The lowest BCUT2D eigenvalue weighted by Crippen LogP contribution is -2.24. The Labute approximate surface area is 140 Å². The van der Waals surface area contributed by atoms with Gasteiger partial charge in [0.25, 0.3) is 0 Å². The number of nitro groups is 1. The van der Waals surface area contributed by atoms with Crippen molar-refractivity contribution in [3.63, 3.8) is 0 Å². The number of anilines is 3. The maximum atomic E-state index is 11.5. The van der Waals surface area contributed by atoms with Gasteiger partial charge < -0.3 is 15.0 Å². The van der Waals surface area contributed by atoms with Crippen molar-refractivity contribution in [3.05, 3.63) is 40.7 Å². The largest absolute Gasteiger partial charge is 0.494 e. The van der Waals surface area contributed by atoms with Crippen molar-refractivity contribution in [2.24, 2.45) is 0 Å². The molecular weight excluding hydrogens is 310 g/mol. The highest BCUT2D eigenvalue weighted by Gasteiger charge is 2.26. The number of nitrogens with zero attached hydrogens (tertiary/aromatic N) is 4. The first kappa shape index (κ1) is 17.5. The Kier molecular flexibility index (Phi) is 5.89. The fourth-order valence-electron chi connectivity index (χ4n) is 2.32. The van der Waals surface area contributed by atoms with Gasteiger partial charge in [-0.25, -0.2) is 9.97 Å². The van der Waals surface area contributed by atoms with E-state index in [0.717, 1.165) is 5.75 Å². The Morgan fingerprint density at radius 3 is 2.38 bits per heavy atom. The van der Waals surface area contributed by atoms with Crippen LogP contribution >= 0.6 is 0 Å². The normalized spacial score (nSPS) is 10.3. The molecule has 0 aliphatic heterocycles. The number of hydrogen-bond acceptors (Lipinski definition) is 7. The van der Waals surface area contributed by atoms with E-state index in [0.29, 0.717) is 31.2 Å². The molecule has 0 unspecified atom stereocenters. The topological polar surface area (TPSA) is 93.4 Å². The molecule has 8 nitrogen and oxygen atoms in total. The molecule has 0 saturated carbocycles. The highest BCUT2D eigenvalue weighted by atomic mass is 16.6. The SMILES string of the molecule is CCOc1ccc(Nc2ncnc(N(CC)CC)c2[N+](=O)[O-])cc1. The van der Waals surface area contributed by atoms with Crippen LogP contribution in [0.4, 0.5) is 23.0 Å². The molecule has 1 aromatic carbocycles. The van der Waals surface area contributed by atoms with Crippen LogP contribution in [0.1, 0.15) is 20.8 Å². The van der Waals surface area contributed by atoms with Gasteiger partial charge >= 0.3 is 5.69 Å². The second kappa shape index (κ2) is 8.09. The Bertz CT molecular complexity index is 687. The summed E-state index contributed by atoms with van der Waals surface area (Å²) in [4.78, 5) is 21.1. The Hall–Kier alpha value is -2.90. The van der Waals surface area contributed by atoms with E-state index in [-0.39, 0.29) is 11.5 Å². The minimum atomic E-state index is -0.454. The van der Waals surface area contributed by atoms with E-state index in [2.05, 4.69) is 15.3 Å². The average Bonchev–Trinajstić information content (AvgIpc) is 2.58. The minimum absolute atomic E-state index is 0.130. The molecule has 0 radical (unpaired) electrons. The zero-order valence-corrected chi connectivity index (χ0v) is 14.0. The smallest absolute Gasteiger partial charge is 0.353 e. The molecule has 24 heavy (non-hydrogen) atoms. The van der Waals surface area contributed by atoms with Crippen LogP contribution in [0.15, 0.2) is 30.6 Å². The fourth-order valence-corrected chi connectivity index (χ4v) is 2.32. The van der Waals surface area contributed by atoms with Crippen molar-refractivity contribution in [1.29, 1.82) is 0 Å². The van der Waals surface area contributed by atoms with E-state index >= 15 is 0 Å². The van der Waals surface area contributed by atoms with Crippen LogP contribution in [0.5, 0.6) is 5.75 Å². The molecular formula is C16H21N5O3. The van der Waals surface area contributed by atoms with E-state index < -0.39 is 4.92 Å². The second-order valence-electron chi connectivity index (χ2n) is 4.91. The Morgan fingerprint density at radius 1 is 1.17 bits per heavy atom. The van der Waals surface area contributed by atoms with E-state index in [1.54, 1.807) is 24.3 Å². The van der Waals surface area contributed by atoms with Gasteiger partial charge in [0.2, 0.25) is 11.6 Å². The molecule has 0 saturated heterocycles. The molecule has 2 rings (SSSR count). The number of ether oxygens (including phenoxy) is 1. The highest BCUT2D eigenvalue weighted by molar-refractivity contribution is 5.74. The number of benzene rings is 1. The molecule has 8 heteroatoms. The molecule has 0 aliphatic rings. The summed E-state index contributed by atoms with van der Waals surface area (Å²) in [6.07, 6.45) is 1.33. The minimum Gasteiger partial charge on any atom is -0.494 e. The van der Waals surface area contributed by atoms with Gasteiger partial charge in [0, 0.05) is 18.8 Å². The van der Waals surface area contributed by atoms with Gasteiger partial charge in [0.15, 0.2) is 0 Å². The third kappa shape index (κ3) is 3.89. The van der Waals surface area contributed by atoms with Gasteiger partial charge in [-0.1, -0.05) is 0 Å². The van der Waals surface area contributed by atoms with Crippen molar-refractivity contribution in [2.45, 2.75) is 20.8 Å². The molecule has 0 atom stereocenters. The van der Waals surface area contributed by atoms with Gasteiger partial charge in [0.1, 0.15) is 12.1 Å². The molecule has 0 bridgehead atoms. The van der Waals surface area contributed by atoms with E-state index in [9.17, 15) is 10.1 Å². The molecule has 2 aromatic rings. The predicted molar refractivity (Wildman–Crippen MR) is 93.1 cm³/mol. The standard InChI is InChI=1S/C16H21N5O3/c1-4-20(5-2)16-14(21(22)23)15(17-11-18-16)19-12-7-9-13(10-8-12)24-6-3/h7-11H,4-6H2,1-3H3,(H,17,18,19). The molecule has 128 valence electrons. The predicted octanol–water partition coefficient (Wildman–Crippen LogP) is 3.37. The maximum Gasteiger partial charge on any atom is 0.353 e. The number of rotatable bonds is 8. The lowest BCUT2D eigenvalue weighted by atomic mass is 10.3. The molecule has 0 aliphatic carbocycles. The summed E-state index contributed by atoms with van der Waals surface area (Å²) in [5.74, 6) is 1.22. The van der Waals surface area contributed by atoms with Crippen LogP contribution in [0, 0.1) is 10.1 Å². The van der Waals surface area contributed by atoms with Crippen LogP contribution in [-0.2, 0) is 0 Å². The number of nitrogens with one attached hydrogen (secondary N) is 1. The molecule has 0 amide bonds. The summed E-state index contributed by atoms with van der Waals surface area (Å²) >= 11 is 0. The number of aromatic nitrogens is 2. The Morgan fingerprint density at radius 2 is 1.83 bits per heavy atom. The summed E-state index contributed by atoms with van der Waals surface area (Å²) in [5, 5.41) is 14.5. The van der Waals surface area contributed by atoms with Crippen molar-refractivity contribution in [3.8, 4) is 5.75 Å². The van der Waals surface area contributed by atoms with Gasteiger partial charge in [-0.3, -0.25) is 10.1 Å². The average molecular weight is 331 g/mol. The van der Waals surface area contributed by atoms with Gasteiger partial charge in [-0.05, 0) is 45.0 Å². The third-order valence-corrected chi connectivity index (χ3v) is 3.48. The number of hydrogen-bond donors (Lipinski definition) is 1. The van der Waals surface area contributed by atoms with Crippen molar-refractivity contribution in [2.75, 3.05) is 29.9 Å². The monoisotopic (exact) mass is 331 g/mol. The lowest BCUT2D eigenvalue weighted by Gasteiger charge is -2.20. The summed E-state index contributed by atoms with van der Waals surface area (Å²) < 4.78 is 5.38. The van der Waals surface area contributed by atoms with Gasteiger partial charge in [-0.15, -0.1) is 0 Å². The van der Waals surface area contributed by atoms with E-state index in [1.165, 1.54) is 6.33 Å². The van der Waals surface area contributed by atoms with Crippen molar-refractivity contribution < 1.29 is 9.66 Å². The molecule has 1 heterocycles. The van der Waals surface area contributed by atoms with Crippen LogP contribution in [0.3, 0.4) is 0 Å². The first-order chi connectivity index (χ1) is 11.6. The summed E-state index contributed by atoms with van der Waals surface area (Å²) in [6, 6.07) is 7.16. The molecule has 0 fully saturated rings. The van der Waals surface area contributed by atoms with Crippen molar-refractivity contribution >= 4 is 23.0 Å². The maximum absolute atomic E-state index is 11.5. The molecule has 0 spiro atoms. The zero-order chi connectivity index (χ0) is 17.5. The van der Waals surface area contributed by atoms with Crippen LogP contribution in [-0.4, -0.2) is 34.6 Å².